The fraction of sp³-hybridized carbons (Fsp3) is 0.571. The molecule has 3 aliphatic carbocycles. The van der Waals surface area contributed by atoms with E-state index in [1.165, 1.54) is 10.7 Å². The lowest BCUT2D eigenvalue weighted by Crippen LogP contribution is -2.40. The molecule has 0 aliphatic heterocycles. The maximum absolute atomic E-state index is 14.2. The van der Waals surface area contributed by atoms with Crippen LogP contribution in [0.2, 0.25) is 0 Å². The van der Waals surface area contributed by atoms with Crippen LogP contribution in [0.5, 0.6) is 0 Å². The molecule has 178 valence electrons. The summed E-state index contributed by atoms with van der Waals surface area (Å²) >= 11 is 0. The lowest BCUT2D eigenvalue weighted by atomic mass is 9.60. The fourth-order valence-electron chi connectivity index (χ4n) is 5.34. The monoisotopic (exact) mass is 483 g/mol. The molecule has 0 saturated heterocycles. The summed E-state index contributed by atoms with van der Waals surface area (Å²) in [4.78, 5) is 16.8. The zero-order chi connectivity index (χ0) is 23.8. The Morgan fingerprint density at radius 2 is 1.97 bits per heavy atom. The van der Waals surface area contributed by atoms with Crippen molar-refractivity contribution in [2.75, 3.05) is 5.32 Å². The van der Waals surface area contributed by atoms with E-state index in [1.807, 2.05) is 6.92 Å². The number of sulfonamides is 1. The maximum atomic E-state index is 14.2. The van der Waals surface area contributed by atoms with Gasteiger partial charge in [-0.1, -0.05) is 6.92 Å². The number of carbonyl (C=O) groups is 1. The zero-order valence-electron chi connectivity index (χ0n) is 17.9. The first-order valence-corrected chi connectivity index (χ1v) is 12.3. The Hall–Kier alpha value is -2.47. The Morgan fingerprint density at radius 3 is 2.52 bits per heavy atom. The Labute approximate surface area is 188 Å². The summed E-state index contributed by atoms with van der Waals surface area (Å²) in [7, 11) is -4.15. The topological polar surface area (TPSA) is 120 Å². The highest BCUT2D eigenvalue weighted by molar-refractivity contribution is 7.89. The number of nitrogens with two attached hydrogens (primary N) is 1. The number of halogens is 3. The van der Waals surface area contributed by atoms with Crippen LogP contribution in [-0.2, 0) is 22.7 Å². The molecule has 5 rings (SSSR count). The average molecular weight is 484 g/mol. The number of hydrogen-bond acceptors (Lipinski definition) is 5. The highest BCUT2D eigenvalue weighted by atomic mass is 32.2. The van der Waals surface area contributed by atoms with Crippen molar-refractivity contribution in [2.24, 2.45) is 16.0 Å². The van der Waals surface area contributed by atoms with Gasteiger partial charge in [0.15, 0.2) is 5.03 Å². The molecular weight excluding hydrogens is 459 g/mol. The number of hydrogen-bond donors (Lipinski definition) is 2. The van der Waals surface area contributed by atoms with Gasteiger partial charge in [-0.05, 0) is 55.4 Å². The summed E-state index contributed by atoms with van der Waals surface area (Å²) in [6, 6.07) is 2.29. The number of nitrogens with one attached hydrogen (secondary N) is 1. The van der Waals surface area contributed by atoms with Crippen LogP contribution in [-0.4, -0.2) is 29.1 Å². The highest BCUT2D eigenvalue weighted by Crippen LogP contribution is 2.69. The third-order valence-electron chi connectivity index (χ3n) is 6.82. The first-order chi connectivity index (χ1) is 15.3. The van der Waals surface area contributed by atoms with E-state index in [9.17, 15) is 26.4 Å². The predicted molar refractivity (Wildman–Crippen MR) is 112 cm³/mol. The molecular formula is C21H24F3N5O3S. The summed E-state index contributed by atoms with van der Waals surface area (Å²) < 4.78 is 66.8. The quantitative estimate of drug-likeness (QED) is 0.650. The second-order valence-electron chi connectivity index (χ2n) is 10.1. The van der Waals surface area contributed by atoms with Crippen molar-refractivity contribution < 1.29 is 26.4 Å². The fourth-order valence-corrected chi connectivity index (χ4v) is 5.84. The van der Waals surface area contributed by atoms with Crippen molar-refractivity contribution in [3.8, 4) is 0 Å². The average Bonchev–Trinajstić information content (AvgIpc) is 3.59. The molecule has 8 nitrogen and oxygen atoms in total. The molecule has 12 heteroatoms. The molecule has 0 radical (unpaired) electrons. The normalized spacial score (nSPS) is 21.0. The molecule has 33 heavy (non-hydrogen) atoms. The summed E-state index contributed by atoms with van der Waals surface area (Å²) in [5.41, 5.74) is -1.56. The van der Waals surface area contributed by atoms with Crippen molar-refractivity contribution in [3.05, 3.63) is 35.3 Å². The standard InChI is InChI=1S/C21H24F3N5O3S/c1-19(9-20(10-19)5-6-20)11-29-17(15(21(22,23)24)16(28-29)12-2-3-12)18(30)27-13-4-7-26-14(8-13)33(25,31)32/h4,7-8,12H,2-3,5-6,9-11H2,1H3,(H2,25,31,32)(H,26,27,30). The van der Waals surface area contributed by atoms with Gasteiger partial charge in [0.25, 0.3) is 15.9 Å². The Kier molecular flexibility index (Phi) is 4.75. The Bertz CT molecular complexity index is 1240. The second-order valence-corrected chi connectivity index (χ2v) is 11.6. The number of anilines is 1. The van der Waals surface area contributed by atoms with Crippen molar-refractivity contribution in [2.45, 2.75) is 69.1 Å². The number of rotatable bonds is 6. The number of nitrogens with zero attached hydrogens (tertiary/aromatic N) is 3. The predicted octanol–water partition coefficient (Wildman–Crippen LogP) is 3.65. The van der Waals surface area contributed by atoms with Crippen LogP contribution in [0.15, 0.2) is 23.4 Å². The Morgan fingerprint density at radius 1 is 1.30 bits per heavy atom. The number of pyridine rings is 1. The van der Waals surface area contributed by atoms with Crippen LogP contribution in [0.3, 0.4) is 0 Å². The summed E-state index contributed by atoms with van der Waals surface area (Å²) in [5.74, 6) is -1.31. The molecule has 0 unspecified atom stereocenters. The van der Waals surface area contributed by atoms with Crippen LogP contribution in [0.4, 0.5) is 18.9 Å². The molecule has 0 aromatic carbocycles. The van der Waals surface area contributed by atoms with E-state index in [4.69, 9.17) is 5.14 Å². The molecule has 2 heterocycles. The molecule has 3 N–H and O–H groups in total. The molecule has 0 atom stereocenters. The van der Waals surface area contributed by atoms with Crippen molar-refractivity contribution in [1.82, 2.24) is 14.8 Å². The maximum Gasteiger partial charge on any atom is 0.420 e. The molecule has 2 aromatic rings. The third kappa shape index (κ3) is 4.25. The number of primary sulfonamides is 1. The molecule has 1 spiro atoms. The van der Waals surface area contributed by atoms with Crippen LogP contribution < -0.4 is 10.5 Å². The van der Waals surface area contributed by atoms with Gasteiger partial charge in [-0.2, -0.15) is 18.3 Å². The molecule has 0 bridgehead atoms. The lowest BCUT2D eigenvalue weighted by Gasteiger charge is -2.46. The van der Waals surface area contributed by atoms with E-state index in [0.717, 1.165) is 37.9 Å². The largest absolute Gasteiger partial charge is 0.420 e. The van der Waals surface area contributed by atoms with Gasteiger partial charge < -0.3 is 5.32 Å². The third-order valence-corrected chi connectivity index (χ3v) is 7.62. The highest BCUT2D eigenvalue weighted by Gasteiger charge is 2.59. The first-order valence-electron chi connectivity index (χ1n) is 10.8. The zero-order valence-corrected chi connectivity index (χ0v) is 18.8. The van der Waals surface area contributed by atoms with Gasteiger partial charge in [0.05, 0.1) is 5.69 Å². The summed E-state index contributed by atoms with van der Waals surface area (Å²) in [6.45, 7) is 2.23. The smallest absolute Gasteiger partial charge is 0.320 e. The van der Waals surface area contributed by atoms with Crippen LogP contribution >= 0.6 is 0 Å². The summed E-state index contributed by atoms with van der Waals surface area (Å²) in [5, 5.41) is 11.3. The van der Waals surface area contributed by atoms with E-state index in [1.54, 1.807) is 0 Å². The van der Waals surface area contributed by atoms with Crippen molar-refractivity contribution in [3.63, 3.8) is 0 Å². The van der Waals surface area contributed by atoms with Gasteiger partial charge >= 0.3 is 6.18 Å². The Balaban J connectivity index is 1.52. The SMILES string of the molecule is CC1(Cn2nc(C3CC3)c(C(F)(F)F)c2C(=O)Nc2ccnc(S(N)(=O)=O)c2)CC2(CC2)C1. The van der Waals surface area contributed by atoms with Crippen molar-refractivity contribution >= 4 is 21.6 Å². The minimum Gasteiger partial charge on any atom is -0.320 e. The van der Waals surface area contributed by atoms with E-state index in [-0.39, 0.29) is 29.3 Å². The number of carbonyl (C=O) groups excluding carboxylic acids is 1. The second kappa shape index (κ2) is 7.02. The van der Waals surface area contributed by atoms with Gasteiger partial charge in [0.2, 0.25) is 0 Å². The van der Waals surface area contributed by atoms with Crippen LogP contribution in [0, 0.1) is 10.8 Å². The number of amides is 1. The van der Waals surface area contributed by atoms with Crippen molar-refractivity contribution in [1.29, 1.82) is 0 Å². The van der Waals surface area contributed by atoms with Gasteiger partial charge in [-0.25, -0.2) is 18.5 Å². The van der Waals surface area contributed by atoms with Crippen LogP contribution in [0.25, 0.3) is 0 Å². The van der Waals surface area contributed by atoms with Gasteiger partial charge in [-0.3, -0.25) is 9.48 Å². The molecule has 3 fully saturated rings. The van der Waals surface area contributed by atoms with Gasteiger partial charge in [0, 0.05) is 30.4 Å². The van der Waals surface area contributed by atoms with E-state index >= 15 is 0 Å². The molecule has 2 aromatic heterocycles. The minimum atomic E-state index is -4.76. The first kappa shape index (κ1) is 22.3. The molecule has 3 saturated carbocycles. The summed E-state index contributed by atoms with van der Waals surface area (Å²) in [6.07, 6.45) is 1.65. The lowest BCUT2D eigenvalue weighted by molar-refractivity contribution is -0.138. The van der Waals surface area contributed by atoms with E-state index in [2.05, 4.69) is 15.4 Å². The van der Waals surface area contributed by atoms with Gasteiger partial charge in [-0.15, -0.1) is 0 Å². The van der Waals surface area contributed by atoms with Crippen LogP contribution in [0.1, 0.15) is 73.1 Å². The minimum absolute atomic E-state index is 0.0281. The van der Waals surface area contributed by atoms with E-state index < -0.39 is 38.4 Å². The molecule has 3 aliphatic rings. The number of alkyl halides is 3. The van der Waals surface area contributed by atoms with Gasteiger partial charge in [0.1, 0.15) is 11.3 Å². The number of aromatic nitrogens is 3. The molecule has 1 amide bonds. The van der Waals surface area contributed by atoms with E-state index in [0.29, 0.717) is 18.3 Å².